The van der Waals surface area contributed by atoms with E-state index in [0.717, 1.165) is 53.6 Å². The van der Waals surface area contributed by atoms with Crippen molar-refractivity contribution >= 4 is 38.3 Å². The summed E-state index contributed by atoms with van der Waals surface area (Å²) in [7, 11) is 0. The summed E-state index contributed by atoms with van der Waals surface area (Å²) in [5.74, 6) is 0.156. The van der Waals surface area contributed by atoms with Gasteiger partial charge in [0, 0.05) is 38.8 Å². The van der Waals surface area contributed by atoms with Gasteiger partial charge in [-0.05, 0) is 24.6 Å². The SMILES string of the molecule is CC(=O)N1CCCN(c2nc3ccc(N)cc3s2)CC1. The van der Waals surface area contributed by atoms with E-state index in [9.17, 15) is 4.79 Å². The Hall–Kier alpha value is -1.82. The van der Waals surface area contributed by atoms with E-state index in [-0.39, 0.29) is 5.91 Å². The summed E-state index contributed by atoms with van der Waals surface area (Å²) in [4.78, 5) is 20.3. The average molecular weight is 290 g/mol. The molecule has 1 aliphatic heterocycles. The van der Waals surface area contributed by atoms with E-state index in [1.807, 2.05) is 23.1 Å². The molecular weight excluding hydrogens is 272 g/mol. The lowest BCUT2D eigenvalue weighted by Crippen LogP contribution is -2.33. The molecule has 0 aliphatic carbocycles. The minimum absolute atomic E-state index is 0.156. The number of rotatable bonds is 1. The van der Waals surface area contributed by atoms with Crippen LogP contribution in [0.5, 0.6) is 0 Å². The molecule has 106 valence electrons. The number of anilines is 2. The molecule has 2 N–H and O–H groups in total. The van der Waals surface area contributed by atoms with Gasteiger partial charge in [-0.3, -0.25) is 4.79 Å². The molecule has 1 aromatic heterocycles. The molecule has 5 nitrogen and oxygen atoms in total. The molecule has 0 atom stereocenters. The summed E-state index contributed by atoms with van der Waals surface area (Å²) in [5, 5.41) is 1.02. The van der Waals surface area contributed by atoms with Gasteiger partial charge in [-0.2, -0.15) is 0 Å². The van der Waals surface area contributed by atoms with Crippen molar-refractivity contribution in [2.45, 2.75) is 13.3 Å². The highest BCUT2D eigenvalue weighted by atomic mass is 32.1. The monoisotopic (exact) mass is 290 g/mol. The third-order valence-electron chi connectivity index (χ3n) is 3.61. The zero-order chi connectivity index (χ0) is 14.1. The molecule has 20 heavy (non-hydrogen) atoms. The summed E-state index contributed by atoms with van der Waals surface area (Å²) < 4.78 is 1.12. The maximum Gasteiger partial charge on any atom is 0.219 e. The maximum atomic E-state index is 11.5. The highest BCUT2D eigenvalue weighted by Crippen LogP contribution is 2.30. The van der Waals surface area contributed by atoms with Crippen LogP contribution in [0.1, 0.15) is 13.3 Å². The minimum atomic E-state index is 0.156. The molecule has 0 spiro atoms. The van der Waals surface area contributed by atoms with Crippen molar-refractivity contribution < 1.29 is 4.79 Å². The van der Waals surface area contributed by atoms with E-state index in [2.05, 4.69) is 9.88 Å². The predicted octanol–water partition coefficient (Wildman–Crippen LogP) is 1.94. The molecule has 6 heteroatoms. The van der Waals surface area contributed by atoms with E-state index < -0.39 is 0 Å². The molecule has 1 fully saturated rings. The van der Waals surface area contributed by atoms with Gasteiger partial charge in [0.1, 0.15) is 0 Å². The zero-order valence-corrected chi connectivity index (χ0v) is 12.3. The van der Waals surface area contributed by atoms with Crippen molar-refractivity contribution in [3.8, 4) is 0 Å². The Balaban J connectivity index is 1.82. The number of nitrogen functional groups attached to an aromatic ring is 1. The number of nitrogens with zero attached hydrogens (tertiary/aromatic N) is 3. The number of carbonyl (C=O) groups excluding carboxylic acids is 1. The number of aromatic nitrogens is 1. The molecule has 3 rings (SSSR count). The fraction of sp³-hybridized carbons (Fsp3) is 0.429. The Labute approximate surface area is 122 Å². The molecule has 2 heterocycles. The Kier molecular flexibility index (Phi) is 3.48. The van der Waals surface area contributed by atoms with E-state index in [1.165, 1.54) is 0 Å². The van der Waals surface area contributed by atoms with Crippen molar-refractivity contribution in [2.24, 2.45) is 0 Å². The van der Waals surface area contributed by atoms with Crippen LogP contribution in [0.25, 0.3) is 10.2 Å². The highest BCUT2D eigenvalue weighted by Gasteiger charge is 2.19. The minimum Gasteiger partial charge on any atom is -0.399 e. The molecule has 1 aromatic carbocycles. The van der Waals surface area contributed by atoms with Crippen LogP contribution in [0.15, 0.2) is 18.2 Å². The van der Waals surface area contributed by atoms with Crippen molar-refractivity contribution in [3.05, 3.63) is 18.2 Å². The Morgan fingerprint density at radius 3 is 2.95 bits per heavy atom. The average Bonchev–Trinajstić information content (AvgIpc) is 2.67. The Morgan fingerprint density at radius 2 is 2.15 bits per heavy atom. The predicted molar refractivity (Wildman–Crippen MR) is 83.1 cm³/mol. The second-order valence-corrected chi connectivity index (χ2v) is 6.08. The summed E-state index contributed by atoms with van der Waals surface area (Å²) >= 11 is 1.67. The van der Waals surface area contributed by atoms with Crippen molar-refractivity contribution in [2.75, 3.05) is 36.8 Å². The van der Waals surface area contributed by atoms with Crippen LogP contribution in [0.3, 0.4) is 0 Å². The third-order valence-corrected chi connectivity index (χ3v) is 4.69. The van der Waals surface area contributed by atoms with Gasteiger partial charge in [0.2, 0.25) is 5.91 Å². The Bertz CT molecular complexity index is 639. The summed E-state index contributed by atoms with van der Waals surface area (Å²) in [5.41, 5.74) is 7.57. The number of nitrogens with two attached hydrogens (primary N) is 1. The van der Waals surface area contributed by atoms with Crippen LogP contribution < -0.4 is 10.6 Å². The standard InChI is InChI=1S/C14H18N4OS/c1-10(19)17-5-2-6-18(8-7-17)14-16-12-4-3-11(15)9-13(12)20-14/h3-4,9H,2,5-8,15H2,1H3. The van der Waals surface area contributed by atoms with E-state index in [1.54, 1.807) is 18.3 Å². The number of amides is 1. The lowest BCUT2D eigenvalue weighted by Gasteiger charge is -2.20. The molecule has 0 unspecified atom stereocenters. The van der Waals surface area contributed by atoms with Crippen LogP contribution in [0, 0.1) is 0 Å². The summed E-state index contributed by atoms with van der Waals surface area (Å²) in [6, 6.07) is 5.81. The second-order valence-electron chi connectivity index (χ2n) is 5.07. The van der Waals surface area contributed by atoms with Gasteiger partial charge in [-0.15, -0.1) is 0 Å². The molecule has 1 saturated heterocycles. The van der Waals surface area contributed by atoms with Gasteiger partial charge in [-0.25, -0.2) is 4.98 Å². The van der Waals surface area contributed by atoms with Crippen molar-refractivity contribution in [1.29, 1.82) is 0 Å². The first-order chi connectivity index (χ1) is 9.63. The zero-order valence-electron chi connectivity index (χ0n) is 11.5. The fourth-order valence-corrected chi connectivity index (χ4v) is 3.55. The third kappa shape index (κ3) is 2.56. The molecule has 1 amide bonds. The fourth-order valence-electron chi connectivity index (χ4n) is 2.49. The number of benzene rings is 1. The van der Waals surface area contributed by atoms with Crippen LogP contribution in [0.4, 0.5) is 10.8 Å². The van der Waals surface area contributed by atoms with E-state index in [4.69, 9.17) is 5.73 Å². The number of fused-ring (bicyclic) bond motifs is 1. The molecule has 0 saturated carbocycles. The smallest absolute Gasteiger partial charge is 0.219 e. The lowest BCUT2D eigenvalue weighted by atomic mass is 10.3. The van der Waals surface area contributed by atoms with Crippen LogP contribution in [-0.2, 0) is 4.79 Å². The van der Waals surface area contributed by atoms with E-state index >= 15 is 0 Å². The van der Waals surface area contributed by atoms with Gasteiger partial charge < -0.3 is 15.5 Å². The Morgan fingerprint density at radius 1 is 1.30 bits per heavy atom. The van der Waals surface area contributed by atoms with Gasteiger partial charge in [-0.1, -0.05) is 11.3 Å². The van der Waals surface area contributed by atoms with Crippen LogP contribution >= 0.6 is 11.3 Å². The largest absolute Gasteiger partial charge is 0.399 e. The van der Waals surface area contributed by atoms with Gasteiger partial charge in [0.25, 0.3) is 0 Å². The van der Waals surface area contributed by atoms with Gasteiger partial charge in [0.05, 0.1) is 10.2 Å². The first kappa shape index (κ1) is 13.2. The normalized spacial score (nSPS) is 16.4. The molecule has 1 aliphatic rings. The number of thiazole rings is 1. The van der Waals surface area contributed by atoms with E-state index in [0.29, 0.717) is 0 Å². The second kappa shape index (κ2) is 5.28. The van der Waals surface area contributed by atoms with Gasteiger partial charge >= 0.3 is 0 Å². The van der Waals surface area contributed by atoms with Crippen molar-refractivity contribution in [3.63, 3.8) is 0 Å². The first-order valence-corrected chi connectivity index (χ1v) is 7.61. The number of hydrogen-bond donors (Lipinski definition) is 1. The van der Waals surface area contributed by atoms with Crippen LogP contribution in [-0.4, -0.2) is 42.0 Å². The first-order valence-electron chi connectivity index (χ1n) is 6.80. The number of carbonyl (C=O) groups is 1. The van der Waals surface area contributed by atoms with Crippen molar-refractivity contribution in [1.82, 2.24) is 9.88 Å². The molecule has 0 radical (unpaired) electrons. The lowest BCUT2D eigenvalue weighted by molar-refractivity contribution is -0.128. The number of hydrogen-bond acceptors (Lipinski definition) is 5. The maximum absolute atomic E-state index is 11.5. The molecule has 0 bridgehead atoms. The highest BCUT2D eigenvalue weighted by molar-refractivity contribution is 7.22. The quantitative estimate of drug-likeness (QED) is 0.815. The molecular formula is C14H18N4OS. The van der Waals surface area contributed by atoms with Crippen LogP contribution in [0.2, 0.25) is 0 Å². The molecule has 2 aromatic rings. The summed E-state index contributed by atoms with van der Waals surface area (Å²) in [6.07, 6.45) is 0.984. The topological polar surface area (TPSA) is 62.5 Å². The summed E-state index contributed by atoms with van der Waals surface area (Å²) in [6.45, 7) is 5.03. The van der Waals surface area contributed by atoms with Gasteiger partial charge in [0.15, 0.2) is 5.13 Å².